The molecular formula is C17H15ClN4O. The number of nitrogens with zero attached hydrogens (tertiary/aromatic N) is 3. The van der Waals surface area contributed by atoms with E-state index in [-0.39, 0.29) is 5.91 Å². The molecule has 3 rings (SSSR count). The first kappa shape index (κ1) is 15.2. The molecule has 0 fully saturated rings. The van der Waals surface area contributed by atoms with Crippen LogP contribution < -0.4 is 5.32 Å². The van der Waals surface area contributed by atoms with E-state index < -0.39 is 0 Å². The van der Waals surface area contributed by atoms with Crippen molar-refractivity contribution >= 4 is 23.2 Å². The molecule has 2 heterocycles. The predicted octanol–water partition coefficient (Wildman–Crippen LogP) is 3.79. The van der Waals surface area contributed by atoms with Crippen molar-refractivity contribution in [2.45, 2.75) is 13.8 Å². The lowest BCUT2D eigenvalue weighted by Crippen LogP contribution is -2.12. The van der Waals surface area contributed by atoms with Gasteiger partial charge in [-0.25, -0.2) is 4.68 Å². The Bertz CT molecular complexity index is 841. The second kappa shape index (κ2) is 6.22. The normalized spacial score (nSPS) is 10.6. The average Bonchev–Trinajstić information content (AvgIpc) is 2.83. The Balaban J connectivity index is 1.82. The molecule has 0 saturated heterocycles. The third-order valence-electron chi connectivity index (χ3n) is 3.50. The van der Waals surface area contributed by atoms with Crippen LogP contribution in [-0.2, 0) is 0 Å². The number of amides is 1. The molecule has 1 aromatic carbocycles. The molecule has 6 heteroatoms. The summed E-state index contributed by atoms with van der Waals surface area (Å²) in [5.74, 6) is -0.184. The number of carbonyl (C=O) groups is 1. The second-order valence-electron chi connectivity index (χ2n) is 5.14. The summed E-state index contributed by atoms with van der Waals surface area (Å²) in [6.45, 7) is 3.77. The number of aromatic nitrogens is 3. The second-order valence-corrected chi connectivity index (χ2v) is 5.52. The summed E-state index contributed by atoms with van der Waals surface area (Å²) in [4.78, 5) is 16.2. The van der Waals surface area contributed by atoms with E-state index in [1.807, 2.05) is 26.0 Å². The maximum atomic E-state index is 12.2. The summed E-state index contributed by atoms with van der Waals surface area (Å²) in [7, 11) is 0. The quantitative estimate of drug-likeness (QED) is 0.796. The van der Waals surface area contributed by atoms with E-state index in [0.717, 1.165) is 17.1 Å². The lowest BCUT2D eigenvalue weighted by Gasteiger charge is -2.07. The largest absolute Gasteiger partial charge is 0.321 e. The average molecular weight is 327 g/mol. The van der Waals surface area contributed by atoms with Crippen molar-refractivity contribution < 1.29 is 4.79 Å². The van der Waals surface area contributed by atoms with Gasteiger partial charge in [0.1, 0.15) is 0 Å². The molecule has 23 heavy (non-hydrogen) atoms. The van der Waals surface area contributed by atoms with Crippen molar-refractivity contribution in [1.29, 1.82) is 0 Å². The summed E-state index contributed by atoms with van der Waals surface area (Å²) in [5.41, 5.74) is 3.73. The first-order chi connectivity index (χ1) is 11.1. The van der Waals surface area contributed by atoms with E-state index in [1.54, 1.807) is 41.3 Å². The fraction of sp³-hybridized carbons (Fsp3) is 0.118. The van der Waals surface area contributed by atoms with Crippen LogP contribution in [0.1, 0.15) is 21.7 Å². The van der Waals surface area contributed by atoms with E-state index in [9.17, 15) is 4.79 Å². The van der Waals surface area contributed by atoms with Gasteiger partial charge in [0.05, 0.1) is 34.0 Å². The number of hydrogen-bond donors (Lipinski definition) is 1. The molecule has 116 valence electrons. The zero-order valence-electron chi connectivity index (χ0n) is 12.7. The number of anilines is 1. The van der Waals surface area contributed by atoms with E-state index in [4.69, 9.17) is 11.6 Å². The molecule has 5 nitrogen and oxygen atoms in total. The molecule has 0 aliphatic carbocycles. The van der Waals surface area contributed by atoms with E-state index in [0.29, 0.717) is 16.3 Å². The maximum absolute atomic E-state index is 12.2. The predicted molar refractivity (Wildman–Crippen MR) is 90.2 cm³/mol. The highest BCUT2D eigenvalue weighted by Gasteiger charge is 2.11. The SMILES string of the molecule is Cc1nn(-c2ccc(C(=O)Nc3cccnc3)cc2)c(C)c1Cl. The Morgan fingerprint density at radius 3 is 2.48 bits per heavy atom. The van der Waals surface area contributed by atoms with Gasteiger partial charge in [-0.2, -0.15) is 5.10 Å². The Labute approximate surface area is 138 Å². The van der Waals surface area contributed by atoms with Gasteiger partial charge in [-0.05, 0) is 50.2 Å². The van der Waals surface area contributed by atoms with E-state index in [2.05, 4.69) is 15.4 Å². The molecule has 0 bridgehead atoms. The Morgan fingerprint density at radius 2 is 1.91 bits per heavy atom. The topological polar surface area (TPSA) is 59.8 Å². The number of rotatable bonds is 3. The van der Waals surface area contributed by atoms with Crippen LogP contribution in [0.3, 0.4) is 0 Å². The van der Waals surface area contributed by atoms with Crippen LogP contribution in [0.15, 0.2) is 48.8 Å². The fourth-order valence-electron chi connectivity index (χ4n) is 2.27. The minimum Gasteiger partial charge on any atom is -0.321 e. The highest BCUT2D eigenvalue weighted by atomic mass is 35.5. The van der Waals surface area contributed by atoms with Crippen LogP contribution in [0.25, 0.3) is 5.69 Å². The first-order valence-electron chi connectivity index (χ1n) is 7.10. The number of benzene rings is 1. The number of halogens is 1. The molecule has 1 N–H and O–H groups in total. The summed E-state index contributed by atoms with van der Waals surface area (Å²) in [5, 5.41) is 7.85. The highest BCUT2D eigenvalue weighted by Crippen LogP contribution is 2.22. The summed E-state index contributed by atoms with van der Waals surface area (Å²) >= 11 is 6.17. The molecule has 0 aliphatic heterocycles. The van der Waals surface area contributed by atoms with Crippen LogP contribution in [-0.4, -0.2) is 20.7 Å². The van der Waals surface area contributed by atoms with Crippen molar-refractivity contribution in [1.82, 2.24) is 14.8 Å². The van der Waals surface area contributed by atoms with Gasteiger partial charge in [0.2, 0.25) is 0 Å². The van der Waals surface area contributed by atoms with Gasteiger partial charge in [0.25, 0.3) is 5.91 Å². The van der Waals surface area contributed by atoms with Gasteiger partial charge in [0.15, 0.2) is 0 Å². The standard InChI is InChI=1S/C17H15ClN4O/c1-11-16(18)12(2)22(21-11)15-7-5-13(6-8-15)17(23)20-14-4-3-9-19-10-14/h3-10H,1-2H3,(H,20,23). The van der Waals surface area contributed by atoms with Gasteiger partial charge >= 0.3 is 0 Å². The Hall–Kier alpha value is -2.66. The Kier molecular flexibility index (Phi) is 4.12. The van der Waals surface area contributed by atoms with Crippen molar-refractivity contribution in [3.05, 3.63) is 70.8 Å². The van der Waals surface area contributed by atoms with Gasteiger partial charge in [0, 0.05) is 11.8 Å². The van der Waals surface area contributed by atoms with Crippen LogP contribution in [0.5, 0.6) is 0 Å². The highest BCUT2D eigenvalue weighted by molar-refractivity contribution is 6.31. The third-order valence-corrected chi connectivity index (χ3v) is 4.04. The van der Waals surface area contributed by atoms with Crippen molar-refractivity contribution in [3.63, 3.8) is 0 Å². The molecule has 0 spiro atoms. The molecule has 2 aromatic heterocycles. The number of carbonyl (C=O) groups excluding carboxylic acids is 1. The molecular weight excluding hydrogens is 312 g/mol. The molecule has 0 atom stereocenters. The fourth-order valence-corrected chi connectivity index (χ4v) is 2.39. The summed E-state index contributed by atoms with van der Waals surface area (Å²) < 4.78 is 1.76. The lowest BCUT2D eigenvalue weighted by molar-refractivity contribution is 0.102. The van der Waals surface area contributed by atoms with Gasteiger partial charge in [-0.15, -0.1) is 0 Å². The molecule has 1 amide bonds. The van der Waals surface area contributed by atoms with Gasteiger partial charge in [-0.1, -0.05) is 11.6 Å². The van der Waals surface area contributed by atoms with Gasteiger partial charge in [-0.3, -0.25) is 9.78 Å². The number of pyridine rings is 1. The molecule has 0 radical (unpaired) electrons. The Morgan fingerprint density at radius 1 is 1.17 bits per heavy atom. The minimum atomic E-state index is -0.184. The molecule has 0 aliphatic rings. The number of nitrogens with one attached hydrogen (secondary N) is 1. The first-order valence-corrected chi connectivity index (χ1v) is 7.47. The summed E-state index contributed by atoms with van der Waals surface area (Å²) in [6.07, 6.45) is 3.26. The number of hydrogen-bond acceptors (Lipinski definition) is 3. The van der Waals surface area contributed by atoms with Gasteiger partial charge < -0.3 is 5.32 Å². The van der Waals surface area contributed by atoms with Crippen LogP contribution in [0.4, 0.5) is 5.69 Å². The minimum absolute atomic E-state index is 0.184. The van der Waals surface area contributed by atoms with Crippen molar-refractivity contribution in [2.24, 2.45) is 0 Å². The van der Waals surface area contributed by atoms with Crippen molar-refractivity contribution in [3.8, 4) is 5.69 Å². The zero-order chi connectivity index (χ0) is 16.4. The monoisotopic (exact) mass is 326 g/mol. The van der Waals surface area contributed by atoms with Crippen LogP contribution in [0, 0.1) is 13.8 Å². The van der Waals surface area contributed by atoms with E-state index >= 15 is 0 Å². The molecule has 3 aromatic rings. The van der Waals surface area contributed by atoms with Crippen LogP contribution >= 0.6 is 11.6 Å². The lowest BCUT2D eigenvalue weighted by atomic mass is 10.2. The van der Waals surface area contributed by atoms with E-state index in [1.165, 1.54) is 0 Å². The zero-order valence-corrected chi connectivity index (χ0v) is 13.5. The van der Waals surface area contributed by atoms with Crippen molar-refractivity contribution in [2.75, 3.05) is 5.32 Å². The molecule has 0 unspecified atom stereocenters. The number of aryl methyl sites for hydroxylation is 1. The van der Waals surface area contributed by atoms with Crippen LogP contribution in [0.2, 0.25) is 5.02 Å². The smallest absolute Gasteiger partial charge is 0.255 e. The molecule has 0 saturated carbocycles. The third kappa shape index (κ3) is 3.10. The summed E-state index contributed by atoms with van der Waals surface area (Å²) in [6, 6.07) is 10.8. The maximum Gasteiger partial charge on any atom is 0.255 e.